The number of methoxy groups -OCH3 is 2. The molecule has 0 fully saturated rings. The van der Waals surface area contributed by atoms with Crippen molar-refractivity contribution in [1.29, 1.82) is 0 Å². The first-order chi connectivity index (χ1) is 11.7. The first-order valence-corrected chi connectivity index (χ1v) is 7.18. The molecule has 1 aromatic rings. The lowest BCUT2D eigenvalue weighted by Crippen LogP contribution is -2.50. The molecule has 0 aliphatic carbocycles. The molecule has 25 heavy (non-hydrogen) atoms. The molecule has 9 heteroatoms. The number of aliphatic carboxylic acids is 1. The van der Waals surface area contributed by atoms with E-state index < -0.39 is 47.5 Å². The number of hydrogen-bond donors (Lipinski definition) is 2. The van der Waals surface area contributed by atoms with Crippen LogP contribution in [0, 0.1) is 17.7 Å². The summed E-state index contributed by atoms with van der Waals surface area (Å²) in [6, 6.07) is 3.33. The molecule has 0 unspecified atom stereocenters. The fraction of sp³-hybridized carbons (Fsp3) is 0.375. The van der Waals surface area contributed by atoms with Gasteiger partial charge in [-0.05, 0) is 12.1 Å². The number of ether oxygens (including phenoxy) is 2. The maximum Gasteiger partial charge on any atom is 0.326 e. The van der Waals surface area contributed by atoms with Crippen molar-refractivity contribution < 1.29 is 38.1 Å². The molecule has 2 atom stereocenters. The Morgan fingerprint density at radius 3 is 2.04 bits per heavy atom. The van der Waals surface area contributed by atoms with Gasteiger partial charge in [0.15, 0.2) is 5.92 Å². The first-order valence-electron chi connectivity index (χ1n) is 7.18. The van der Waals surface area contributed by atoms with E-state index in [0.29, 0.717) is 0 Å². The molecule has 0 aliphatic rings. The Balaban J connectivity index is 3.11. The topological polar surface area (TPSA) is 119 Å². The van der Waals surface area contributed by atoms with Crippen molar-refractivity contribution >= 4 is 23.8 Å². The number of carbonyl (C=O) groups excluding carboxylic acids is 3. The highest BCUT2D eigenvalue weighted by molar-refractivity contribution is 5.98. The third kappa shape index (κ3) is 4.75. The molecule has 0 radical (unpaired) electrons. The molecule has 0 spiro atoms. The van der Waals surface area contributed by atoms with Crippen LogP contribution < -0.4 is 5.32 Å². The minimum absolute atomic E-state index is 0.367. The Kier molecular flexibility index (Phi) is 7.04. The first kappa shape index (κ1) is 20.1. The molecule has 8 nitrogen and oxygen atoms in total. The summed E-state index contributed by atoms with van der Waals surface area (Å²) in [6.07, 6.45) is 0. The highest BCUT2D eigenvalue weighted by Gasteiger charge is 2.42. The van der Waals surface area contributed by atoms with Gasteiger partial charge in [0.25, 0.3) is 5.91 Å². The number of hydrogen-bond acceptors (Lipinski definition) is 6. The van der Waals surface area contributed by atoms with Gasteiger partial charge in [0.2, 0.25) is 0 Å². The van der Waals surface area contributed by atoms with E-state index in [4.69, 9.17) is 0 Å². The van der Waals surface area contributed by atoms with Crippen LogP contribution in [0.25, 0.3) is 0 Å². The second-order valence-electron chi connectivity index (χ2n) is 5.15. The normalized spacial score (nSPS) is 12.8. The van der Waals surface area contributed by atoms with Crippen LogP contribution in [0.4, 0.5) is 4.39 Å². The van der Waals surface area contributed by atoms with Crippen molar-refractivity contribution in [2.45, 2.75) is 13.0 Å². The maximum absolute atomic E-state index is 13.7. The van der Waals surface area contributed by atoms with Gasteiger partial charge in [0.05, 0.1) is 19.8 Å². The van der Waals surface area contributed by atoms with Crippen LogP contribution in [0.3, 0.4) is 0 Å². The lowest BCUT2D eigenvalue weighted by Gasteiger charge is -2.26. The Morgan fingerprint density at radius 2 is 1.60 bits per heavy atom. The van der Waals surface area contributed by atoms with Gasteiger partial charge >= 0.3 is 17.9 Å². The van der Waals surface area contributed by atoms with Crippen molar-refractivity contribution in [3.05, 3.63) is 35.6 Å². The average molecular weight is 355 g/mol. The summed E-state index contributed by atoms with van der Waals surface area (Å²) >= 11 is 0. The molecule has 2 N–H and O–H groups in total. The van der Waals surface area contributed by atoms with Gasteiger partial charge in [0.1, 0.15) is 11.9 Å². The number of halogens is 1. The van der Waals surface area contributed by atoms with Crippen molar-refractivity contribution in [3.63, 3.8) is 0 Å². The standard InChI is InChI=1S/C16H18FNO7/c1-8(11(15(22)24-2)16(23)25-3)12(14(20)21)18-13(19)9-6-4-5-7-10(9)17/h4-8,11-12H,1-3H3,(H,18,19)(H,20,21)/t8-,12+/m1/s1. The van der Waals surface area contributed by atoms with Crippen LogP contribution in [0.2, 0.25) is 0 Å². The highest BCUT2D eigenvalue weighted by Crippen LogP contribution is 2.20. The minimum atomic E-state index is -1.66. The Morgan fingerprint density at radius 1 is 1.08 bits per heavy atom. The summed E-state index contributed by atoms with van der Waals surface area (Å²) in [5, 5.41) is 11.5. The quantitative estimate of drug-likeness (QED) is 0.543. The van der Waals surface area contributed by atoms with Crippen LogP contribution in [0.1, 0.15) is 17.3 Å². The Hall–Kier alpha value is -2.97. The van der Waals surface area contributed by atoms with E-state index in [9.17, 15) is 28.7 Å². The van der Waals surface area contributed by atoms with Gasteiger partial charge in [-0.1, -0.05) is 19.1 Å². The smallest absolute Gasteiger partial charge is 0.326 e. The summed E-state index contributed by atoms with van der Waals surface area (Å²) in [5.41, 5.74) is -0.367. The molecule has 136 valence electrons. The predicted molar refractivity (Wildman–Crippen MR) is 82.0 cm³/mol. The van der Waals surface area contributed by atoms with E-state index >= 15 is 0 Å². The van der Waals surface area contributed by atoms with Crippen LogP contribution in [-0.2, 0) is 23.9 Å². The number of esters is 2. The van der Waals surface area contributed by atoms with E-state index in [1.54, 1.807) is 0 Å². The maximum atomic E-state index is 13.7. The van der Waals surface area contributed by atoms with Crippen LogP contribution in [0.5, 0.6) is 0 Å². The lowest BCUT2D eigenvalue weighted by molar-refractivity contribution is -0.162. The van der Waals surface area contributed by atoms with Gasteiger partial charge in [0, 0.05) is 5.92 Å². The lowest BCUT2D eigenvalue weighted by atomic mass is 9.87. The van der Waals surface area contributed by atoms with Gasteiger partial charge in [-0.3, -0.25) is 14.4 Å². The zero-order valence-electron chi connectivity index (χ0n) is 13.8. The largest absolute Gasteiger partial charge is 0.480 e. The summed E-state index contributed by atoms with van der Waals surface area (Å²) in [4.78, 5) is 47.2. The molecule has 0 aliphatic heterocycles. The third-order valence-electron chi connectivity index (χ3n) is 3.63. The number of benzene rings is 1. The fourth-order valence-electron chi connectivity index (χ4n) is 2.25. The zero-order valence-corrected chi connectivity index (χ0v) is 13.8. The number of nitrogens with one attached hydrogen (secondary N) is 1. The summed E-state index contributed by atoms with van der Waals surface area (Å²) in [6.45, 7) is 1.26. The molecule has 1 amide bonds. The zero-order chi connectivity index (χ0) is 19.1. The number of carbonyl (C=O) groups is 4. The molecule has 0 bridgehead atoms. The third-order valence-corrected chi connectivity index (χ3v) is 3.63. The van der Waals surface area contributed by atoms with Crippen molar-refractivity contribution in [3.8, 4) is 0 Å². The average Bonchev–Trinajstić information content (AvgIpc) is 2.58. The van der Waals surface area contributed by atoms with E-state index in [0.717, 1.165) is 20.3 Å². The number of carboxylic acid groups (broad SMARTS) is 1. The molecule has 1 rings (SSSR count). The van der Waals surface area contributed by atoms with E-state index in [1.165, 1.54) is 25.1 Å². The molecular weight excluding hydrogens is 337 g/mol. The second kappa shape index (κ2) is 8.76. The number of rotatable bonds is 7. The van der Waals surface area contributed by atoms with E-state index in [-0.39, 0.29) is 5.56 Å². The van der Waals surface area contributed by atoms with Gasteiger partial charge < -0.3 is 19.9 Å². The minimum Gasteiger partial charge on any atom is -0.480 e. The monoisotopic (exact) mass is 355 g/mol. The molecule has 0 saturated heterocycles. The van der Waals surface area contributed by atoms with Crippen LogP contribution >= 0.6 is 0 Å². The summed E-state index contributed by atoms with van der Waals surface area (Å²) in [5.74, 6) is -8.14. The van der Waals surface area contributed by atoms with E-state index in [1.807, 2.05) is 0 Å². The van der Waals surface area contributed by atoms with Crippen molar-refractivity contribution in [1.82, 2.24) is 5.32 Å². The van der Waals surface area contributed by atoms with Crippen molar-refractivity contribution in [2.75, 3.05) is 14.2 Å². The van der Waals surface area contributed by atoms with Crippen LogP contribution in [-0.4, -0.2) is 49.2 Å². The molecular formula is C16H18FNO7. The predicted octanol–water partition coefficient (Wildman–Crippen LogP) is 0.607. The number of carboxylic acids is 1. The van der Waals surface area contributed by atoms with Crippen LogP contribution in [0.15, 0.2) is 24.3 Å². The fourth-order valence-corrected chi connectivity index (χ4v) is 2.25. The Bertz CT molecular complexity index is 660. The Labute approximate surface area is 142 Å². The summed E-state index contributed by atoms with van der Waals surface area (Å²) in [7, 11) is 2.05. The summed E-state index contributed by atoms with van der Waals surface area (Å²) < 4.78 is 22.6. The number of amides is 1. The highest BCUT2D eigenvalue weighted by atomic mass is 19.1. The van der Waals surface area contributed by atoms with Gasteiger partial charge in [-0.25, -0.2) is 9.18 Å². The molecule has 0 aromatic heterocycles. The molecule has 0 heterocycles. The van der Waals surface area contributed by atoms with Gasteiger partial charge in [-0.15, -0.1) is 0 Å². The SMILES string of the molecule is COC(=O)C(C(=O)OC)[C@@H](C)[C@H](NC(=O)c1ccccc1F)C(=O)O. The second-order valence-corrected chi connectivity index (χ2v) is 5.15. The van der Waals surface area contributed by atoms with Gasteiger partial charge in [-0.2, -0.15) is 0 Å². The molecule has 0 saturated carbocycles. The van der Waals surface area contributed by atoms with Crippen molar-refractivity contribution in [2.24, 2.45) is 11.8 Å². The molecule has 1 aromatic carbocycles. The van der Waals surface area contributed by atoms with E-state index in [2.05, 4.69) is 14.8 Å².